The molecule has 0 atom stereocenters. The lowest BCUT2D eigenvalue weighted by Crippen LogP contribution is -2.18. The molecule has 1 aliphatic rings. The molecule has 0 fully saturated rings. The molecule has 3 aromatic carbocycles. The van der Waals surface area contributed by atoms with Crippen LogP contribution in [0, 0.1) is 0 Å². The Morgan fingerprint density at radius 1 is 0.542 bits per heavy atom. The summed E-state index contributed by atoms with van der Waals surface area (Å²) in [7, 11) is 0. The maximum absolute atomic E-state index is 6.82. The number of aromatic nitrogens is 6. The molecular weight excluding hydrogens is 592 g/mol. The summed E-state index contributed by atoms with van der Waals surface area (Å²) in [4.78, 5) is 29.8. The molecule has 0 spiro atoms. The molecule has 8 nitrogen and oxygen atoms in total. The van der Waals surface area contributed by atoms with Gasteiger partial charge in [-0.15, -0.1) is 0 Å². The summed E-state index contributed by atoms with van der Waals surface area (Å²) in [6, 6.07) is 32.1. The number of allylic oxidation sites excluding steroid dienone is 3. The summed E-state index contributed by atoms with van der Waals surface area (Å²) in [5.74, 6) is 1.71. The summed E-state index contributed by atoms with van der Waals surface area (Å²) in [6.45, 7) is 4.24. The predicted molar refractivity (Wildman–Crippen MR) is 192 cm³/mol. The fourth-order valence-electron chi connectivity index (χ4n) is 5.76. The summed E-state index contributed by atoms with van der Waals surface area (Å²) < 4.78 is 0. The average molecular weight is 621 g/mol. The van der Waals surface area contributed by atoms with Gasteiger partial charge >= 0.3 is 0 Å². The first-order valence-corrected chi connectivity index (χ1v) is 15.4. The van der Waals surface area contributed by atoms with Gasteiger partial charge in [0.15, 0.2) is 17.5 Å². The Labute approximate surface area is 277 Å². The van der Waals surface area contributed by atoms with Gasteiger partial charge in [-0.05, 0) is 53.6 Å². The van der Waals surface area contributed by atoms with E-state index in [1.165, 1.54) is 0 Å². The molecule has 8 rings (SSSR count). The number of benzene rings is 3. The van der Waals surface area contributed by atoms with E-state index in [4.69, 9.17) is 25.7 Å². The number of nitrogens with two attached hydrogens (primary N) is 1. The minimum absolute atomic E-state index is 0.557. The fourth-order valence-corrected chi connectivity index (χ4v) is 5.76. The molecule has 228 valence electrons. The van der Waals surface area contributed by atoms with E-state index in [1.807, 2.05) is 90.0 Å². The molecule has 0 bridgehead atoms. The van der Waals surface area contributed by atoms with Crippen molar-refractivity contribution in [2.45, 2.75) is 0 Å². The highest BCUT2D eigenvalue weighted by Gasteiger charge is 2.21. The molecule has 4 aromatic heterocycles. The minimum atomic E-state index is 0.557. The third-order valence-electron chi connectivity index (χ3n) is 8.22. The van der Waals surface area contributed by atoms with Gasteiger partial charge in [0.05, 0.1) is 22.6 Å². The van der Waals surface area contributed by atoms with Crippen molar-refractivity contribution in [1.29, 1.82) is 0 Å². The number of nitrogens with zero attached hydrogens (tertiary/aromatic N) is 7. The standard InChI is InChI=1S/C40H28N8/c1-26-7-4-5-24-48(26)37-35(41)33-9-2-3-10-34(33)44-36(37)29-15-11-27(12-16-29)28-13-17-30(18-14-28)38-45-39(31-19-22-42-23-20-31)47-40(46-38)32-8-6-21-43-25-32/h2-25H,1H2,(H2,41,44). The molecule has 0 amide bonds. The van der Waals surface area contributed by atoms with Crippen molar-refractivity contribution in [3.05, 3.63) is 159 Å². The van der Waals surface area contributed by atoms with E-state index in [9.17, 15) is 0 Å². The quantitative estimate of drug-likeness (QED) is 0.197. The molecule has 0 aliphatic carbocycles. The maximum atomic E-state index is 6.82. The highest BCUT2D eigenvalue weighted by atomic mass is 15.1. The molecule has 0 saturated carbocycles. The lowest BCUT2D eigenvalue weighted by molar-refractivity contribution is 1.07. The maximum Gasteiger partial charge on any atom is 0.165 e. The van der Waals surface area contributed by atoms with Crippen LogP contribution in [0.4, 0.5) is 11.4 Å². The van der Waals surface area contributed by atoms with Gasteiger partial charge in [-0.3, -0.25) is 9.97 Å². The first-order chi connectivity index (χ1) is 23.6. The van der Waals surface area contributed by atoms with Crippen molar-refractivity contribution >= 4 is 22.3 Å². The van der Waals surface area contributed by atoms with Crippen molar-refractivity contribution < 1.29 is 0 Å². The first kappa shape index (κ1) is 28.7. The van der Waals surface area contributed by atoms with Crippen LogP contribution in [0.15, 0.2) is 159 Å². The average Bonchev–Trinajstić information content (AvgIpc) is 3.16. The van der Waals surface area contributed by atoms with E-state index in [-0.39, 0.29) is 0 Å². The lowest BCUT2D eigenvalue weighted by atomic mass is 9.99. The molecular formula is C40H28N8. The van der Waals surface area contributed by atoms with Crippen LogP contribution in [0.25, 0.3) is 67.5 Å². The normalized spacial score (nSPS) is 12.5. The van der Waals surface area contributed by atoms with E-state index >= 15 is 0 Å². The molecule has 5 heterocycles. The molecule has 1 aliphatic heterocycles. The molecule has 2 N–H and O–H groups in total. The van der Waals surface area contributed by atoms with Gasteiger partial charge in [-0.1, -0.05) is 79.4 Å². The summed E-state index contributed by atoms with van der Waals surface area (Å²) in [5.41, 5.74) is 16.4. The van der Waals surface area contributed by atoms with Gasteiger partial charge in [0.1, 0.15) is 0 Å². The van der Waals surface area contributed by atoms with Crippen molar-refractivity contribution in [2.24, 2.45) is 0 Å². The third kappa shape index (κ3) is 5.37. The van der Waals surface area contributed by atoms with Gasteiger partial charge in [0.25, 0.3) is 0 Å². The van der Waals surface area contributed by atoms with Crippen molar-refractivity contribution in [3.8, 4) is 56.5 Å². The van der Waals surface area contributed by atoms with Gasteiger partial charge in [0.2, 0.25) is 0 Å². The first-order valence-electron chi connectivity index (χ1n) is 15.4. The van der Waals surface area contributed by atoms with Crippen LogP contribution in [-0.4, -0.2) is 29.9 Å². The minimum Gasteiger partial charge on any atom is -0.396 e. The van der Waals surface area contributed by atoms with Crippen molar-refractivity contribution in [2.75, 3.05) is 10.6 Å². The SMILES string of the molecule is C=C1C=CC=CN1c1c(-c2ccc(-c3ccc(-c4nc(-c5ccncc5)nc(-c5cccnc5)n4)cc3)cc2)nc2ccccc2c1N. The van der Waals surface area contributed by atoms with Crippen LogP contribution in [0.3, 0.4) is 0 Å². The van der Waals surface area contributed by atoms with E-state index in [0.717, 1.165) is 61.4 Å². The number of rotatable bonds is 6. The Hall–Kier alpha value is -6.80. The van der Waals surface area contributed by atoms with Crippen LogP contribution in [0.1, 0.15) is 0 Å². The third-order valence-corrected chi connectivity index (χ3v) is 8.22. The number of hydrogen-bond donors (Lipinski definition) is 1. The van der Waals surface area contributed by atoms with Crippen LogP contribution >= 0.6 is 0 Å². The number of nitrogen functional groups attached to an aromatic ring is 1. The molecule has 0 radical (unpaired) electrons. The Balaban J connectivity index is 1.14. The van der Waals surface area contributed by atoms with Crippen LogP contribution in [0.5, 0.6) is 0 Å². The van der Waals surface area contributed by atoms with Crippen LogP contribution in [-0.2, 0) is 0 Å². The zero-order valence-corrected chi connectivity index (χ0v) is 25.8. The largest absolute Gasteiger partial charge is 0.396 e. The fraction of sp³-hybridized carbons (Fsp3) is 0. The monoisotopic (exact) mass is 620 g/mol. The van der Waals surface area contributed by atoms with Gasteiger partial charge < -0.3 is 10.6 Å². The van der Waals surface area contributed by atoms with E-state index in [1.54, 1.807) is 24.8 Å². The molecule has 48 heavy (non-hydrogen) atoms. The summed E-state index contributed by atoms with van der Waals surface area (Å²) in [5, 5.41) is 0.905. The van der Waals surface area contributed by atoms with Crippen LogP contribution < -0.4 is 10.6 Å². The molecule has 0 unspecified atom stereocenters. The molecule has 0 saturated heterocycles. The zero-order valence-electron chi connectivity index (χ0n) is 25.8. The van der Waals surface area contributed by atoms with Crippen molar-refractivity contribution in [3.63, 3.8) is 0 Å². The van der Waals surface area contributed by atoms with E-state index in [0.29, 0.717) is 23.2 Å². The number of pyridine rings is 3. The summed E-state index contributed by atoms with van der Waals surface area (Å²) in [6.07, 6.45) is 14.8. The van der Waals surface area contributed by atoms with Gasteiger partial charge in [-0.2, -0.15) is 0 Å². The molecule has 7 aromatic rings. The number of anilines is 2. The Morgan fingerprint density at radius 3 is 1.83 bits per heavy atom. The number of fused-ring (bicyclic) bond motifs is 1. The Morgan fingerprint density at radius 2 is 1.17 bits per heavy atom. The highest BCUT2D eigenvalue weighted by molar-refractivity contribution is 6.03. The second-order valence-electron chi connectivity index (χ2n) is 11.2. The zero-order chi connectivity index (χ0) is 32.5. The highest BCUT2D eigenvalue weighted by Crippen LogP contribution is 2.41. The van der Waals surface area contributed by atoms with Gasteiger partial charge in [0, 0.05) is 64.3 Å². The predicted octanol–water partition coefficient (Wildman–Crippen LogP) is 8.53. The molecule has 8 heteroatoms. The Bertz CT molecular complexity index is 2290. The lowest BCUT2D eigenvalue weighted by Gasteiger charge is -2.27. The van der Waals surface area contributed by atoms with E-state index in [2.05, 4.69) is 52.9 Å². The topological polar surface area (TPSA) is 107 Å². The smallest absolute Gasteiger partial charge is 0.165 e. The number of para-hydroxylation sites is 1. The Kier molecular flexibility index (Phi) is 7.28. The summed E-state index contributed by atoms with van der Waals surface area (Å²) >= 11 is 0. The second kappa shape index (κ2) is 12.2. The van der Waals surface area contributed by atoms with E-state index < -0.39 is 0 Å². The second-order valence-corrected chi connectivity index (χ2v) is 11.2. The number of hydrogen-bond acceptors (Lipinski definition) is 8. The van der Waals surface area contributed by atoms with Crippen LogP contribution in [0.2, 0.25) is 0 Å². The van der Waals surface area contributed by atoms with Gasteiger partial charge in [-0.25, -0.2) is 19.9 Å². The van der Waals surface area contributed by atoms with Crippen molar-refractivity contribution in [1.82, 2.24) is 29.9 Å².